The number of guanidine groups is 1. The number of hydrogen-bond acceptors (Lipinski definition) is 2. The standard InChI is InChI=1S/C18H31N3O.BrH/c1-19-17(20-10-13-2-3-22-11-13)21-12-18-7-14-4-15(8-18)6-16(5-14)9-18;/h13-16H,2-12H2,1H3,(H2,19,20,21);1H. The maximum absolute atomic E-state index is 5.45. The molecule has 1 aliphatic heterocycles. The second kappa shape index (κ2) is 7.30. The molecular weight excluding hydrogens is 354 g/mol. The van der Waals surface area contributed by atoms with Gasteiger partial charge >= 0.3 is 0 Å². The summed E-state index contributed by atoms with van der Waals surface area (Å²) >= 11 is 0. The summed E-state index contributed by atoms with van der Waals surface area (Å²) < 4.78 is 5.45. The molecule has 4 nitrogen and oxygen atoms in total. The van der Waals surface area contributed by atoms with E-state index in [1.807, 2.05) is 7.05 Å². The van der Waals surface area contributed by atoms with Gasteiger partial charge in [-0.15, -0.1) is 17.0 Å². The average Bonchev–Trinajstić information content (AvgIpc) is 2.99. The van der Waals surface area contributed by atoms with E-state index in [2.05, 4.69) is 15.6 Å². The highest BCUT2D eigenvalue weighted by Gasteiger charge is 2.50. The fourth-order valence-corrected chi connectivity index (χ4v) is 5.98. The van der Waals surface area contributed by atoms with E-state index in [1.54, 1.807) is 0 Å². The number of halogens is 1. The first-order chi connectivity index (χ1) is 10.7. The van der Waals surface area contributed by atoms with Crippen LogP contribution in [0.1, 0.15) is 44.9 Å². The molecule has 23 heavy (non-hydrogen) atoms. The van der Waals surface area contributed by atoms with Crippen molar-refractivity contribution in [1.82, 2.24) is 10.6 Å². The molecule has 1 atom stereocenters. The second-order valence-electron chi connectivity index (χ2n) is 8.45. The summed E-state index contributed by atoms with van der Waals surface area (Å²) in [6.45, 7) is 3.93. The predicted octanol–water partition coefficient (Wildman–Crippen LogP) is 2.98. The second-order valence-corrected chi connectivity index (χ2v) is 8.45. The van der Waals surface area contributed by atoms with E-state index in [9.17, 15) is 0 Å². The van der Waals surface area contributed by atoms with Crippen molar-refractivity contribution in [3.8, 4) is 0 Å². The number of nitrogens with one attached hydrogen (secondary N) is 2. The Morgan fingerprint density at radius 2 is 1.74 bits per heavy atom. The highest BCUT2D eigenvalue weighted by Crippen LogP contribution is 2.59. The molecule has 5 fully saturated rings. The summed E-state index contributed by atoms with van der Waals surface area (Å²) in [7, 11) is 1.89. The fraction of sp³-hybridized carbons (Fsp3) is 0.944. The van der Waals surface area contributed by atoms with Gasteiger partial charge in [0.1, 0.15) is 0 Å². The molecule has 0 spiro atoms. The lowest BCUT2D eigenvalue weighted by Gasteiger charge is -2.57. The van der Waals surface area contributed by atoms with E-state index < -0.39 is 0 Å². The van der Waals surface area contributed by atoms with Gasteiger partial charge in [0, 0.05) is 32.7 Å². The van der Waals surface area contributed by atoms with E-state index in [0.29, 0.717) is 11.3 Å². The molecule has 1 heterocycles. The van der Waals surface area contributed by atoms with Crippen molar-refractivity contribution in [1.29, 1.82) is 0 Å². The Balaban J connectivity index is 0.00000156. The molecule has 0 aromatic carbocycles. The molecule has 5 heteroatoms. The van der Waals surface area contributed by atoms with Crippen molar-refractivity contribution in [3.05, 3.63) is 0 Å². The fourth-order valence-electron chi connectivity index (χ4n) is 5.98. The highest BCUT2D eigenvalue weighted by atomic mass is 79.9. The third kappa shape index (κ3) is 3.87. The minimum absolute atomic E-state index is 0. The van der Waals surface area contributed by atoms with Gasteiger partial charge in [0.2, 0.25) is 0 Å². The zero-order valence-corrected chi connectivity index (χ0v) is 16.1. The lowest BCUT2D eigenvalue weighted by atomic mass is 9.49. The number of ether oxygens (including phenoxy) is 1. The normalized spacial score (nSPS) is 41.7. The smallest absolute Gasteiger partial charge is 0.191 e. The van der Waals surface area contributed by atoms with Crippen molar-refractivity contribution in [3.63, 3.8) is 0 Å². The zero-order valence-electron chi connectivity index (χ0n) is 14.4. The third-order valence-corrected chi connectivity index (χ3v) is 6.60. The van der Waals surface area contributed by atoms with Crippen LogP contribution >= 0.6 is 17.0 Å². The first-order valence-electron chi connectivity index (χ1n) is 9.27. The number of aliphatic imine (C=N–C) groups is 1. The van der Waals surface area contributed by atoms with E-state index in [1.165, 1.54) is 44.9 Å². The lowest BCUT2D eigenvalue weighted by molar-refractivity contribution is -0.0492. The van der Waals surface area contributed by atoms with Crippen LogP contribution in [0.4, 0.5) is 0 Å². The predicted molar refractivity (Wildman–Crippen MR) is 99.2 cm³/mol. The summed E-state index contributed by atoms with van der Waals surface area (Å²) in [6, 6.07) is 0. The van der Waals surface area contributed by atoms with Crippen LogP contribution in [0.5, 0.6) is 0 Å². The van der Waals surface area contributed by atoms with Gasteiger partial charge in [-0.25, -0.2) is 0 Å². The maximum atomic E-state index is 5.45. The van der Waals surface area contributed by atoms with Crippen LogP contribution in [0.2, 0.25) is 0 Å². The van der Waals surface area contributed by atoms with Gasteiger partial charge in [-0.2, -0.15) is 0 Å². The van der Waals surface area contributed by atoms with Crippen molar-refractivity contribution in [2.75, 3.05) is 33.4 Å². The van der Waals surface area contributed by atoms with Crippen LogP contribution in [0, 0.1) is 29.1 Å². The monoisotopic (exact) mass is 385 g/mol. The summed E-state index contributed by atoms with van der Waals surface area (Å²) in [4.78, 5) is 4.42. The molecule has 1 unspecified atom stereocenters. The Morgan fingerprint density at radius 1 is 1.09 bits per heavy atom. The topological polar surface area (TPSA) is 45.7 Å². The van der Waals surface area contributed by atoms with Gasteiger partial charge in [0.15, 0.2) is 5.96 Å². The van der Waals surface area contributed by atoms with Crippen LogP contribution in [-0.2, 0) is 4.74 Å². The molecule has 5 aliphatic rings. The quantitative estimate of drug-likeness (QED) is 0.577. The van der Waals surface area contributed by atoms with Crippen molar-refractivity contribution in [2.24, 2.45) is 34.1 Å². The van der Waals surface area contributed by atoms with E-state index >= 15 is 0 Å². The molecule has 4 bridgehead atoms. The minimum Gasteiger partial charge on any atom is -0.381 e. The van der Waals surface area contributed by atoms with E-state index in [-0.39, 0.29) is 17.0 Å². The summed E-state index contributed by atoms with van der Waals surface area (Å²) in [5.74, 6) is 4.72. The van der Waals surface area contributed by atoms with Crippen LogP contribution in [0.3, 0.4) is 0 Å². The van der Waals surface area contributed by atoms with Crippen molar-refractivity contribution >= 4 is 22.9 Å². The van der Waals surface area contributed by atoms with Gasteiger partial charge in [-0.1, -0.05) is 0 Å². The average molecular weight is 386 g/mol. The number of rotatable bonds is 4. The van der Waals surface area contributed by atoms with Gasteiger partial charge in [-0.05, 0) is 68.1 Å². The summed E-state index contributed by atoms with van der Waals surface area (Å²) in [5, 5.41) is 7.15. The number of hydrogen-bond donors (Lipinski definition) is 2. The molecule has 2 N–H and O–H groups in total. The van der Waals surface area contributed by atoms with Gasteiger partial charge in [-0.3, -0.25) is 4.99 Å². The molecule has 0 aromatic rings. The molecule has 1 saturated heterocycles. The Bertz CT molecular complexity index is 399. The first-order valence-corrected chi connectivity index (χ1v) is 9.27. The lowest BCUT2D eigenvalue weighted by Crippen LogP contribution is -2.52. The Kier molecular flexibility index (Phi) is 5.57. The van der Waals surface area contributed by atoms with E-state index in [4.69, 9.17) is 4.74 Å². The van der Waals surface area contributed by atoms with Gasteiger partial charge in [0.25, 0.3) is 0 Å². The Hall–Kier alpha value is -0.290. The van der Waals surface area contributed by atoms with Gasteiger partial charge in [0.05, 0.1) is 6.61 Å². The highest BCUT2D eigenvalue weighted by molar-refractivity contribution is 8.93. The molecular formula is C18H32BrN3O. The molecule has 4 saturated carbocycles. The van der Waals surface area contributed by atoms with Crippen molar-refractivity contribution in [2.45, 2.75) is 44.9 Å². The molecule has 0 amide bonds. The van der Waals surface area contributed by atoms with Crippen LogP contribution in [0.25, 0.3) is 0 Å². The molecule has 0 aromatic heterocycles. The van der Waals surface area contributed by atoms with E-state index in [0.717, 1.165) is 50.0 Å². The van der Waals surface area contributed by atoms with Crippen molar-refractivity contribution < 1.29 is 4.74 Å². The third-order valence-electron chi connectivity index (χ3n) is 6.60. The van der Waals surface area contributed by atoms with Gasteiger partial charge < -0.3 is 15.4 Å². The van der Waals surface area contributed by atoms with Crippen LogP contribution in [0.15, 0.2) is 4.99 Å². The minimum atomic E-state index is 0. The van der Waals surface area contributed by atoms with Crippen LogP contribution < -0.4 is 10.6 Å². The zero-order chi connectivity index (χ0) is 15.0. The molecule has 132 valence electrons. The molecule has 5 rings (SSSR count). The Labute approximate surface area is 151 Å². The summed E-state index contributed by atoms with van der Waals surface area (Å²) in [6.07, 6.45) is 10.1. The SMILES string of the molecule is Br.CN=C(NCC1CCOC1)NCC12CC3CC(CC(C3)C1)C2. The maximum Gasteiger partial charge on any atom is 0.191 e. The number of nitrogens with zero attached hydrogens (tertiary/aromatic N) is 1. The summed E-state index contributed by atoms with van der Waals surface area (Å²) in [5.41, 5.74) is 0.572. The Morgan fingerprint density at radius 3 is 2.26 bits per heavy atom. The largest absolute Gasteiger partial charge is 0.381 e. The molecule has 4 aliphatic carbocycles. The first kappa shape index (κ1) is 17.5. The molecule has 0 radical (unpaired) electrons. The van der Waals surface area contributed by atoms with Crippen LogP contribution in [-0.4, -0.2) is 39.3 Å².